The number of benzene rings is 3. The van der Waals surface area contributed by atoms with E-state index in [1.54, 1.807) is 47.3 Å². The van der Waals surface area contributed by atoms with E-state index in [0.717, 1.165) is 22.4 Å². The van der Waals surface area contributed by atoms with Crippen LogP contribution in [0.5, 0.6) is 5.75 Å². The van der Waals surface area contributed by atoms with Gasteiger partial charge in [-0.1, -0.05) is 48.2 Å². The first-order valence-electron chi connectivity index (χ1n) is 13.6. The average molecular weight is 597 g/mol. The molecule has 1 aliphatic heterocycles. The highest BCUT2D eigenvalue weighted by molar-refractivity contribution is 7.99. The van der Waals surface area contributed by atoms with Crippen molar-refractivity contribution in [2.45, 2.75) is 36.7 Å². The Hall–Kier alpha value is -4.62. The molecule has 3 N–H and O–H groups in total. The molecule has 5 aromatic rings. The fourth-order valence-electron chi connectivity index (χ4n) is 4.64. The summed E-state index contributed by atoms with van der Waals surface area (Å²) in [5.74, 6) is 0.474. The monoisotopic (exact) mass is 596 g/mol. The second-order valence-corrected chi connectivity index (χ2v) is 10.9. The number of carbonyl (C=O) groups is 1. The molecule has 1 aliphatic rings. The number of aromatic hydroxyl groups is 1. The molecular weight excluding hydrogens is 568 g/mol. The Morgan fingerprint density at radius 1 is 0.977 bits per heavy atom. The van der Waals surface area contributed by atoms with Crippen molar-refractivity contribution < 1.29 is 24.5 Å². The van der Waals surface area contributed by atoms with Crippen LogP contribution >= 0.6 is 11.8 Å². The summed E-state index contributed by atoms with van der Waals surface area (Å²) < 4.78 is 14.5. The zero-order valence-electron chi connectivity index (χ0n) is 22.9. The Morgan fingerprint density at radius 3 is 2.47 bits per heavy atom. The van der Waals surface area contributed by atoms with Gasteiger partial charge in [0.25, 0.3) is 5.91 Å². The number of hydrogen-bond acceptors (Lipinski definition) is 10. The molecule has 0 aliphatic carbocycles. The number of carbonyl (C=O) groups excluding carboxylic acids is 1. The Labute approximate surface area is 251 Å². The van der Waals surface area contributed by atoms with Gasteiger partial charge in [-0.15, -0.1) is 5.10 Å². The number of anilines is 1. The number of nitrogens with one attached hydrogen (secondary N) is 1. The summed E-state index contributed by atoms with van der Waals surface area (Å²) in [7, 11) is 0. The number of phenols is 1. The molecule has 218 valence electrons. The number of ether oxygens (including phenoxy) is 2. The lowest BCUT2D eigenvalue weighted by atomic mass is 10.0. The smallest absolute Gasteiger partial charge is 0.257 e. The lowest BCUT2D eigenvalue weighted by Gasteiger charge is -2.36. The third-order valence-corrected chi connectivity index (χ3v) is 7.96. The van der Waals surface area contributed by atoms with Crippen molar-refractivity contribution in [1.82, 2.24) is 25.2 Å². The van der Waals surface area contributed by atoms with Gasteiger partial charge in [-0.25, -0.2) is 0 Å². The summed E-state index contributed by atoms with van der Waals surface area (Å²) in [6, 6.07) is 25.1. The number of hydrogen-bond donors (Lipinski definition) is 3. The number of thioether (sulfide) groups is 1. The van der Waals surface area contributed by atoms with Crippen molar-refractivity contribution in [3.63, 3.8) is 0 Å². The van der Waals surface area contributed by atoms with Gasteiger partial charge in [0.05, 0.1) is 30.1 Å². The predicted octanol–water partition coefficient (Wildman–Crippen LogP) is 4.85. The van der Waals surface area contributed by atoms with Crippen molar-refractivity contribution in [2.24, 2.45) is 0 Å². The molecule has 2 aromatic heterocycles. The average Bonchev–Trinajstić information content (AvgIpc) is 3.53. The summed E-state index contributed by atoms with van der Waals surface area (Å²) in [6.45, 7) is -0.0315. The maximum atomic E-state index is 12.5. The first-order valence-corrected chi connectivity index (χ1v) is 14.6. The van der Waals surface area contributed by atoms with Gasteiger partial charge in [-0.3, -0.25) is 9.78 Å². The van der Waals surface area contributed by atoms with E-state index in [4.69, 9.17) is 9.47 Å². The van der Waals surface area contributed by atoms with Crippen LogP contribution in [0.15, 0.2) is 102 Å². The predicted molar refractivity (Wildman–Crippen MR) is 159 cm³/mol. The van der Waals surface area contributed by atoms with Crippen molar-refractivity contribution in [3.05, 3.63) is 120 Å². The highest BCUT2D eigenvalue weighted by atomic mass is 32.2. The van der Waals surface area contributed by atoms with Crippen molar-refractivity contribution >= 4 is 23.4 Å². The number of tetrazole rings is 1. The molecule has 3 atom stereocenters. The van der Waals surface area contributed by atoms with E-state index in [-0.39, 0.29) is 30.5 Å². The number of rotatable bonds is 9. The zero-order valence-corrected chi connectivity index (χ0v) is 23.7. The van der Waals surface area contributed by atoms with Crippen LogP contribution in [0.3, 0.4) is 0 Å². The topological polar surface area (TPSA) is 145 Å². The molecule has 11 nitrogen and oxygen atoms in total. The summed E-state index contributed by atoms with van der Waals surface area (Å²) in [6.07, 6.45) is 2.62. The minimum atomic E-state index is -0.655. The normalized spacial score (nSPS) is 18.3. The van der Waals surface area contributed by atoms with Gasteiger partial charge in [0, 0.05) is 35.8 Å². The molecule has 1 amide bonds. The maximum absolute atomic E-state index is 12.5. The van der Waals surface area contributed by atoms with Gasteiger partial charge in [0.2, 0.25) is 5.16 Å². The highest BCUT2D eigenvalue weighted by Crippen LogP contribution is 2.39. The minimum Gasteiger partial charge on any atom is -0.508 e. The first kappa shape index (κ1) is 28.5. The summed E-state index contributed by atoms with van der Waals surface area (Å²) in [5.41, 5.74) is 4.45. The second-order valence-electron chi connectivity index (χ2n) is 9.87. The van der Waals surface area contributed by atoms with E-state index in [1.165, 1.54) is 18.0 Å². The van der Waals surface area contributed by atoms with Crippen molar-refractivity contribution in [2.75, 3.05) is 11.1 Å². The molecule has 1 saturated heterocycles. The summed E-state index contributed by atoms with van der Waals surface area (Å²) in [4.78, 5) is 16.5. The van der Waals surface area contributed by atoms with Gasteiger partial charge in [0.1, 0.15) is 5.75 Å². The number of amides is 1. The lowest BCUT2D eigenvalue weighted by Crippen LogP contribution is -2.31. The molecule has 3 aromatic carbocycles. The van der Waals surface area contributed by atoms with E-state index in [0.29, 0.717) is 28.6 Å². The number of aliphatic hydroxyl groups excluding tert-OH is 1. The van der Waals surface area contributed by atoms with Gasteiger partial charge in [-0.05, 0) is 70.1 Å². The Bertz CT molecular complexity index is 1650. The van der Waals surface area contributed by atoms with Crippen LogP contribution in [0.1, 0.15) is 45.9 Å². The minimum absolute atomic E-state index is 0.0315. The Balaban J connectivity index is 1.18. The Morgan fingerprint density at radius 2 is 1.74 bits per heavy atom. The lowest BCUT2D eigenvalue weighted by molar-refractivity contribution is -0.245. The van der Waals surface area contributed by atoms with Crippen LogP contribution in [0.25, 0.3) is 5.69 Å². The SMILES string of the molecule is O=C(Nc1ccc([C@H]2O[C@@H](CSc3nnnn3-c3ccc(O)cc3)C[C@@H](c3ccc(CO)cc3)O2)cc1)c1cccnc1. The van der Waals surface area contributed by atoms with Crippen LogP contribution < -0.4 is 5.32 Å². The van der Waals surface area contributed by atoms with Gasteiger partial charge in [0.15, 0.2) is 6.29 Å². The molecule has 6 rings (SSSR count). The molecule has 0 radical (unpaired) electrons. The van der Waals surface area contributed by atoms with Crippen LogP contribution in [-0.4, -0.2) is 53.2 Å². The first-order chi connectivity index (χ1) is 21.1. The third kappa shape index (κ3) is 6.89. The van der Waals surface area contributed by atoms with Crippen molar-refractivity contribution in [1.29, 1.82) is 0 Å². The van der Waals surface area contributed by atoms with E-state index < -0.39 is 6.29 Å². The number of phenolic OH excluding ortho intramolecular Hbond substituents is 1. The fourth-order valence-corrected chi connectivity index (χ4v) is 5.55. The molecule has 0 saturated carbocycles. The van der Waals surface area contributed by atoms with Gasteiger partial charge >= 0.3 is 0 Å². The highest BCUT2D eigenvalue weighted by Gasteiger charge is 2.32. The molecule has 12 heteroatoms. The molecule has 43 heavy (non-hydrogen) atoms. The standard InChI is InChI=1S/C31H28N6O5S/c38-18-20-3-5-21(6-4-20)28-16-27(19-43-31-34-35-36-37(31)25-11-13-26(39)14-12-25)41-30(42-28)22-7-9-24(10-8-22)33-29(40)23-2-1-15-32-17-23/h1-15,17,27-28,30,38-39H,16,18-19H2,(H,33,40)/t27-,28+,30+/m1/s1. The van der Waals surface area contributed by atoms with Crippen LogP contribution in [0.4, 0.5) is 5.69 Å². The molecule has 1 fully saturated rings. The number of nitrogens with zero attached hydrogens (tertiary/aromatic N) is 5. The van der Waals surface area contributed by atoms with Gasteiger partial charge < -0.3 is 25.0 Å². The summed E-state index contributed by atoms with van der Waals surface area (Å²) >= 11 is 1.47. The third-order valence-electron chi connectivity index (χ3n) is 6.91. The van der Waals surface area contributed by atoms with E-state index in [1.807, 2.05) is 48.5 Å². The number of pyridine rings is 1. The molecule has 0 unspecified atom stereocenters. The Kier molecular flexibility index (Phi) is 8.70. The quantitative estimate of drug-likeness (QED) is 0.202. The fraction of sp³-hybridized carbons (Fsp3) is 0.194. The largest absolute Gasteiger partial charge is 0.508 e. The van der Waals surface area contributed by atoms with Gasteiger partial charge in [-0.2, -0.15) is 4.68 Å². The van der Waals surface area contributed by atoms with E-state index in [9.17, 15) is 15.0 Å². The van der Waals surface area contributed by atoms with Crippen LogP contribution in [-0.2, 0) is 16.1 Å². The van der Waals surface area contributed by atoms with E-state index in [2.05, 4.69) is 25.8 Å². The van der Waals surface area contributed by atoms with E-state index >= 15 is 0 Å². The molecular formula is C31H28N6O5S. The number of aromatic nitrogens is 5. The summed E-state index contributed by atoms with van der Waals surface area (Å²) in [5, 5.41) is 34.7. The maximum Gasteiger partial charge on any atom is 0.257 e. The number of aliphatic hydroxyl groups is 1. The molecule has 3 heterocycles. The molecule has 0 bridgehead atoms. The molecule has 0 spiro atoms. The van der Waals surface area contributed by atoms with Crippen molar-refractivity contribution in [3.8, 4) is 11.4 Å². The van der Waals surface area contributed by atoms with Crippen LogP contribution in [0, 0.1) is 0 Å². The van der Waals surface area contributed by atoms with Crippen LogP contribution in [0.2, 0.25) is 0 Å². The zero-order chi connectivity index (χ0) is 29.6. The second kappa shape index (κ2) is 13.1.